The molecule has 41 heavy (non-hydrogen) atoms. The number of halogens is 3. The lowest BCUT2D eigenvalue weighted by Crippen LogP contribution is -2.56. The van der Waals surface area contributed by atoms with E-state index < -0.39 is 17.2 Å². The first-order valence-corrected chi connectivity index (χ1v) is 14.0. The minimum Gasteiger partial charge on any atom is -0.462 e. The molecule has 3 aromatic rings. The van der Waals surface area contributed by atoms with Crippen LogP contribution in [0.15, 0.2) is 78.9 Å². The fraction of sp³-hybridized carbons (Fsp3) is 0.394. The van der Waals surface area contributed by atoms with Gasteiger partial charge < -0.3 is 10.1 Å². The highest BCUT2D eigenvalue weighted by Crippen LogP contribution is 2.35. The number of hydrogen-bond donors (Lipinski definition) is 1. The maximum atomic E-state index is 13.4. The highest BCUT2D eigenvalue weighted by atomic mass is 19.4. The van der Waals surface area contributed by atoms with Crippen molar-refractivity contribution in [2.75, 3.05) is 13.1 Å². The van der Waals surface area contributed by atoms with Crippen molar-refractivity contribution in [3.63, 3.8) is 0 Å². The summed E-state index contributed by atoms with van der Waals surface area (Å²) in [7, 11) is 0. The number of nitrogens with one attached hydrogen (secondary N) is 1. The third-order valence-corrected chi connectivity index (χ3v) is 8.08. The first-order valence-electron chi connectivity index (χ1n) is 14.0. The Kier molecular flexibility index (Phi) is 9.22. The normalized spacial score (nSPS) is 17.1. The lowest BCUT2D eigenvalue weighted by molar-refractivity contribution is -0.157. The van der Waals surface area contributed by atoms with Crippen molar-refractivity contribution in [1.29, 1.82) is 0 Å². The monoisotopic (exact) mass is 566 g/mol. The van der Waals surface area contributed by atoms with Crippen LogP contribution in [0.25, 0.3) is 11.1 Å². The first kappa shape index (κ1) is 30.3. The average molecular weight is 567 g/mol. The van der Waals surface area contributed by atoms with E-state index in [9.17, 15) is 22.8 Å². The molecule has 0 spiro atoms. The van der Waals surface area contributed by atoms with E-state index in [4.69, 9.17) is 4.74 Å². The van der Waals surface area contributed by atoms with Gasteiger partial charge in [0.15, 0.2) is 0 Å². The topological polar surface area (TPSA) is 58.6 Å². The molecule has 0 bridgehead atoms. The van der Waals surface area contributed by atoms with Gasteiger partial charge in [0.25, 0.3) is 5.91 Å². The van der Waals surface area contributed by atoms with E-state index in [0.717, 1.165) is 17.7 Å². The van der Waals surface area contributed by atoms with Crippen LogP contribution in [0.2, 0.25) is 0 Å². The summed E-state index contributed by atoms with van der Waals surface area (Å²) in [5.74, 6) is -0.525. The predicted molar refractivity (Wildman–Crippen MR) is 153 cm³/mol. The van der Waals surface area contributed by atoms with Crippen LogP contribution in [0, 0.1) is 0 Å². The fourth-order valence-corrected chi connectivity index (χ4v) is 5.48. The van der Waals surface area contributed by atoms with Gasteiger partial charge in [0.2, 0.25) is 0 Å². The number of ether oxygens (including phenoxy) is 1. The van der Waals surface area contributed by atoms with Crippen molar-refractivity contribution in [3.8, 4) is 11.1 Å². The largest absolute Gasteiger partial charge is 0.462 e. The second-order valence-electron chi connectivity index (χ2n) is 11.1. The van der Waals surface area contributed by atoms with Gasteiger partial charge >= 0.3 is 12.1 Å². The summed E-state index contributed by atoms with van der Waals surface area (Å²) in [6, 6.07) is 21.2. The number of piperidine rings is 1. The van der Waals surface area contributed by atoms with Crippen molar-refractivity contribution < 1.29 is 27.5 Å². The molecule has 1 amide bonds. The predicted octanol–water partition coefficient (Wildman–Crippen LogP) is 6.86. The maximum absolute atomic E-state index is 13.4. The Morgan fingerprint density at radius 3 is 2.02 bits per heavy atom. The van der Waals surface area contributed by atoms with Crippen LogP contribution in [0.3, 0.4) is 0 Å². The number of carbonyl (C=O) groups is 2. The molecule has 2 unspecified atom stereocenters. The number of carbonyl (C=O) groups excluding carboxylic acids is 2. The highest BCUT2D eigenvalue weighted by Gasteiger charge is 2.45. The van der Waals surface area contributed by atoms with Crippen molar-refractivity contribution >= 4 is 11.9 Å². The zero-order chi connectivity index (χ0) is 29.8. The number of rotatable bonds is 8. The quantitative estimate of drug-likeness (QED) is 0.303. The summed E-state index contributed by atoms with van der Waals surface area (Å²) in [6.45, 7) is 9.04. The third-order valence-electron chi connectivity index (χ3n) is 8.08. The molecule has 0 radical (unpaired) electrons. The van der Waals surface area contributed by atoms with Gasteiger partial charge in [-0.2, -0.15) is 13.2 Å². The second-order valence-corrected chi connectivity index (χ2v) is 11.1. The van der Waals surface area contributed by atoms with Crippen LogP contribution in [-0.4, -0.2) is 48.1 Å². The van der Waals surface area contributed by atoms with Crippen LogP contribution >= 0.6 is 0 Å². The molecule has 0 aliphatic carbocycles. The fourth-order valence-electron chi connectivity index (χ4n) is 5.48. The van der Waals surface area contributed by atoms with Crippen LogP contribution in [0.1, 0.15) is 62.0 Å². The zero-order valence-electron chi connectivity index (χ0n) is 23.9. The van der Waals surface area contributed by atoms with E-state index in [2.05, 4.69) is 10.2 Å². The standard InChI is InChI=1S/C33H37F3N2O3/c1-22(2)41-31(40)32(4,25-10-6-5-7-11-25)23(3)38-20-18-27(19-21-38)37-30(39)29-13-9-8-12-28(29)24-14-16-26(17-15-24)33(34,35)36/h5-17,22-23,27H,18-21H2,1-4H3,(H,37,39). The molecule has 2 atom stereocenters. The molecular formula is C33H37F3N2O3. The SMILES string of the molecule is CC(C)OC(=O)C(C)(c1ccccc1)C(C)N1CCC(NC(=O)c2ccccc2-c2ccc(C(F)(F)F)cc2)CC1. The van der Waals surface area contributed by atoms with Crippen LogP contribution in [0.5, 0.6) is 0 Å². The lowest BCUT2D eigenvalue weighted by atomic mass is 9.75. The molecule has 0 aromatic heterocycles. The summed E-state index contributed by atoms with van der Waals surface area (Å²) in [4.78, 5) is 29.0. The number of benzene rings is 3. The first-order chi connectivity index (χ1) is 19.4. The van der Waals surface area contributed by atoms with E-state index in [0.29, 0.717) is 42.6 Å². The number of esters is 1. The Labute approximate surface area is 239 Å². The zero-order valence-corrected chi connectivity index (χ0v) is 23.9. The molecule has 8 heteroatoms. The Balaban J connectivity index is 1.44. The van der Waals surface area contributed by atoms with Crippen molar-refractivity contribution in [1.82, 2.24) is 10.2 Å². The molecule has 4 rings (SSSR count). The smallest absolute Gasteiger partial charge is 0.416 e. The van der Waals surface area contributed by atoms with Crippen molar-refractivity contribution in [2.24, 2.45) is 0 Å². The van der Waals surface area contributed by atoms with Gasteiger partial charge in [0, 0.05) is 30.7 Å². The third kappa shape index (κ3) is 6.81. The molecule has 5 nitrogen and oxygen atoms in total. The second kappa shape index (κ2) is 12.5. The summed E-state index contributed by atoms with van der Waals surface area (Å²) in [6.07, 6.45) is -3.26. The Morgan fingerprint density at radius 1 is 0.854 bits per heavy atom. The van der Waals surface area contributed by atoms with Crippen LogP contribution in [0.4, 0.5) is 13.2 Å². The van der Waals surface area contributed by atoms with Gasteiger partial charge in [0.1, 0.15) is 5.41 Å². The number of nitrogens with zero attached hydrogens (tertiary/aromatic N) is 1. The van der Waals surface area contributed by atoms with E-state index in [1.807, 2.05) is 58.0 Å². The van der Waals surface area contributed by atoms with E-state index >= 15 is 0 Å². The molecular weight excluding hydrogens is 529 g/mol. The minimum atomic E-state index is -4.42. The lowest BCUT2D eigenvalue weighted by Gasteiger charge is -2.44. The van der Waals surface area contributed by atoms with Crippen LogP contribution in [-0.2, 0) is 21.1 Å². The van der Waals surface area contributed by atoms with E-state index in [1.165, 1.54) is 12.1 Å². The van der Waals surface area contributed by atoms with Gasteiger partial charge in [-0.05, 0) is 75.4 Å². The van der Waals surface area contributed by atoms with Crippen molar-refractivity contribution in [2.45, 2.75) is 70.3 Å². The Morgan fingerprint density at radius 2 is 1.44 bits per heavy atom. The summed E-state index contributed by atoms with van der Waals surface area (Å²) >= 11 is 0. The van der Waals surface area contributed by atoms with E-state index in [1.54, 1.807) is 24.3 Å². The van der Waals surface area contributed by atoms with Crippen LogP contribution < -0.4 is 5.32 Å². The minimum absolute atomic E-state index is 0.0720. The molecule has 3 aromatic carbocycles. The average Bonchev–Trinajstić information content (AvgIpc) is 2.96. The van der Waals surface area contributed by atoms with Gasteiger partial charge in [-0.25, -0.2) is 0 Å². The molecule has 1 N–H and O–H groups in total. The number of amides is 1. The summed E-state index contributed by atoms with van der Waals surface area (Å²) < 4.78 is 44.8. The summed E-state index contributed by atoms with van der Waals surface area (Å²) in [5, 5.41) is 3.12. The molecule has 218 valence electrons. The number of likely N-dealkylation sites (tertiary alicyclic amines) is 1. The van der Waals surface area contributed by atoms with E-state index in [-0.39, 0.29) is 30.1 Å². The Hall–Kier alpha value is -3.65. The molecule has 1 fully saturated rings. The molecule has 1 saturated heterocycles. The summed E-state index contributed by atoms with van der Waals surface area (Å²) in [5.41, 5.74) is 0.824. The van der Waals surface area contributed by atoms with Crippen molar-refractivity contribution in [3.05, 3.63) is 95.6 Å². The Bertz CT molecular complexity index is 1330. The molecule has 1 heterocycles. The van der Waals surface area contributed by atoms with Gasteiger partial charge in [-0.1, -0.05) is 60.7 Å². The molecule has 1 aliphatic heterocycles. The maximum Gasteiger partial charge on any atom is 0.416 e. The van der Waals surface area contributed by atoms with Gasteiger partial charge in [-0.3, -0.25) is 14.5 Å². The highest BCUT2D eigenvalue weighted by molar-refractivity contribution is 6.01. The number of alkyl halides is 3. The van der Waals surface area contributed by atoms with Gasteiger partial charge in [0.05, 0.1) is 11.7 Å². The number of hydrogen-bond acceptors (Lipinski definition) is 4. The molecule has 0 saturated carbocycles. The molecule has 1 aliphatic rings. The van der Waals surface area contributed by atoms with Gasteiger partial charge in [-0.15, -0.1) is 0 Å².